The number of carbonyl (C=O) groups excluding carboxylic acids is 2. The lowest BCUT2D eigenvalue weighted by Crippen LogP contribution is -2.30. The molecule has 0 radical (unpaired) electrons. The van der Waals surface area contributed by atoms with E-state index in [4.69, 9.17) is 14.2 Å². The Kier molecular flexibility index (Phi) is 5.39. The van der Waals surface area contributed by atoms with Gasteiger partial charge >= 0.3 is 12.6 Å². The number of halogens is 2. The van der Waals surface area contributed by atoms with E-state index in [0.29, 0.717) is 17.2 Å². The summed E-state index contributed by atoms with van der Waals surface area (Å²) in [4.78, 5) is 24.4. The fourth-order valence-corrected chi connectivity index (χ4v) is 2.33. The van der Waals surface area contributed by atoms with E-state index >= 15 is 0 Å². The van der Waals surface area contributed by atoms with Gasteiger partial charge in [0.05, 0.1) is 0 Å². The third kappa shape index (κ3) is 4.43. The third-order valence-electron chi connectivity index (χ3n) is 3.62. The van der Waals surface area contributed by atoms with Crippen molar-refractivity contribution in [2.24, 2.45) is 0 Å². The van der Waals surface area contributed by atoms with Crippen LogP contribution in [0.3, 0.4) is 0 Å². The number of hydrogen-bond donors (Lipinski definition) is 1. The average molecular weight is 379 g/mol. The van der Waals surface area contributed by atoms with Gasteiger partial charge in [-0.2, -0.15) is 8.78 Å². The molecular formula is C18H15F2NO6. The number of anilines is 1. The molecule has 0 aromatic heterocycles. The van der Waals surface area contributed by atoms with Crippen molar-refractivity contribution >= 4 is 17.6 Å². The van der Waals surface area contributed by atoms with Gasteiger partial charge in [0, 0.05) is 11.8 Å². The Balaban J connectivity index is 1.63. The zero-order valence-electron chi connectivity index (χ0n) is 14.1. The van der Waals surface area contributed by atoms with E-state index in [-0.39, 0.29) is 18.1 Å². The van der Waals surface area contributed by atoms with Crippen LogP contribution < -0.4 is 19.5 Å². The molecule has 9 heteroatoms. The smallest absolute Gasteiger partial charge is 0.387 e. The first-order chi connectivity index (χ1) is 12.9. The van der Waals surface area contributed by atoms with Gasteiger partial charge in [-0.3, -0.25) is 4.79 Å². The van der Waals surface area contributed by atoms with Gasteiger partial charge in [-0.1, -0.05) is 12.1 Å². The Morgan fingerprint density at radius 3 is 2.63 bits per heavy atom. The molecule has 0 aliphatic carbocycles. The van der Waals surface area contributed by atoms with E-state index in [1.54, 1.807) is 18.2 Å². The summed E-state index contributed by atoms with van der Waals surface area (Å²) in [5.41, 5.74) is 0.217. The molecule has 0 spiro atoms. The van der Waals surface area contributed by atoms with Gasteiger partial charge in [0.25, 0.3) is 5.91 Å². The monoisotopic (exact) mass is 379 g/mol. The predicted octanol–water partition coefficient (Wildman–Crippen LogP) is 3.20. The second-order valence-corrected chi connectivity index (χ2v) is 5.48. The SMILES string of the molecule is CC(OC(=O)c1ccccc1OC(F)F)C(=O)Nc1ccc2c(c1)OCO2. The number of carbonyl (C=O) groups is 2. The molecule has 0 bridgehead atoms. The van der Waals surface area contributed by atoms with Crippen LogP contribution in [0.25, 0.3) is 0 Å². The maximum atomic E-state index is 12.4. The molecule has 1 atom stereocenters. The summed E-state index contributed by atoms with van der Waals surface area (Å²) >= 11 is 0. The minimum absolute atomic E-state index is 0.0981. The van der Waals surface area contributed by atoms with Crippen LogP contribution in [0.1, 0.15) is 17.3 Å². The largest absolute Gasteiger partial charge is 0.454 e. The quantitative estimate of drug-likeness (QED) is 0.776. The topological polar surface area (TPSA) is 83.1 Å². The van der Waals surface area contributed by atoms with Crippen molar-refractivity contribution in [3.8, 4) is 17.2 Å². The molecule has 3 rings (SSSR count). The van der Waals surface area contributed by atoms with Crippen LogP contribution in [-0.4, -0.2) is 31.4 Å². The van der Waals surface area contributed by atoms with Crippen molar-refractivity contribution in [1.82, 2.24) is 0 Å². The minimum atomic E-state index is -3.09. The van der Waals surface area contributed by atoms with E-state index in [0.717, 1.165) is 0 Å². The number of nitrogens with one attached hydrogen (secondary N) is 1. The molecule has 1 N–H and O–H groups in total. The number of ether oxygens (including phenoxy) is 4. The van der Waals surface area contributed by atoms with Crippen LogP contribution in [0, 0.1) is 0 Å². The molecule has 1 aliphatic heterocycles. The van der Waals surface area contributed by atoms with E-state index in [1.807, 2.05) is 0 Å². The summed E-state index contributed by atoms with van der Waals surface area (Å²) in [6, 6.07) is 10.2. The van der Waals surface area contributed by atoms with Crippen LogP contribution >= 0.6 is 0 Å². The van der Waals surface area contributed by atoms with E-state index in [9.17, 15) is 18.4 Å². The van der Waals surface area contributed by atoms with Gasteiger partial charge in [0.1, 0.15) is 11.3 Å². The Morgan fingerprint density at radius 2 is 1.85 bits per heavy atom. The molecule has 1 heterocycles. The number of rotatable bonds is 6. The summed E-state index contributed by atoms with van der Waals surface area (Å²) in [5, 5.41) is 2.57. The summed E-state index contributed by atoms with van der Waals surface area (Å²) in [6.07, 6.45) is -1.18. The number of hydrogen-bond acceptors (Lipinski definition) is 6. The first kappa shape index (κ1) is 18.4. The fourth-order valence-electron chi connectivity index (χ4n) is 2.33. The van der Waals surface area contributed by atoms with Crippen LogP contribution in [0.15, 0.2) is 42.5 Å². The average Bonchev–Trinajstić information content (AvgIpc) is 3.09. The number of esters is 1. The molecule has 7 nitrogen and oxygen atoms in total. The minimum Gasteiger partial charge on any atom is -0.454 e. The van der Waals surface area contributed by atoms with Crippen molar-refractivity contribution < 1.29 is 37.3 Å². The van der Waals surface area contributed by atoms with Crippen molar-refractivity contribution in [2.75, 3.05) is 12.1 Å². The molecule has 1 unspecified atom stereocenters. The highest BCUT2D eigenvalue weighted by molar-refractivity contribution is 5.98. The van der Waals surface area contributed by atoms with Gasteiger partial charge in [-0.25, -0.2) is 4.79 Å². The van der Waals surface area contributed by atoms with Gasteiger partial charge < -0.3 is 24.3 Å². The Labute approximate surface area is 152 Å². The van der Waals surface area contributed by atoms with Crippen molar-refractivity contribution in [3.05, 3.63) is 48.0 Å². The van der Waals surface area contributed by atoms with Gasteiger partial charge in [-0.15, -0.1) is 0 Å². The molecule has 2 aromatic carbocycles. The number of fused-ring (bicyclic) bond motifs is 1. The van der Waals surface area contributed by atoms with E-state index < -0.39 is 24.6 Å². The van der Waals surface area contributed by atoms with Crippen LogP contribution in [-0.2, 0) is 9.53 Å². The molecule has 1 amide bonds. The summed E-state index contributed by atoms with van der Waals surface area (Å²) < 4.78 is 44.6. The summed E-state index contributed by atoms with van der Waals surface area (Å²) in [5.74, 6) is -0.853. The molecule has 0 saturated carbocycles. The number of alkyl halides is 2. The lowest BCUT2D eigenvalue weighted by molar-refractivity contribution is -0.123. The zero-order chi connectivity index (χ0) is 19.4. The van der Waals surface area contributed by atoms with Crippen molar-refractivity contribution in [2.45, 2.75) is 19.6 Å². The second-order valence-electron chi connectivity index (χ2n) is 5.48. The van der Waals surface area contributed by atoms with Crippen LogP contribution in [0.5, 0.6) is 17.2 Å². The standard InChI is InChI=1S/C18H15F2NO6/c1-10(16(22)21-11-6-7-14-15(8-11)25-9-24-14)26-17(23)12-4-2-3-5-13(12)27-18(19)20/h2-8,10,18H,9H2,1H3,(H,21,22). The fraction of sp³-hybridized carbons (Fsp3) is 0.222. The summed E-state index contributed by atoms with van der Waals surface area (Å²) in [6.45, 7) is -1.64. The lowest BCUT2D eigenvalue weighted by atomic mass is 10.2. The maximum absolute atomic E-state index is 12.4. The molecule has 142 valence electrons. The zero-order valence-corrected chi connectivity index (χ0v) is 14.1. The van der Waals surface area contributed by atoms with Crippen molar-refractivity contribution in [1.29, 1.82) is 0 Å². The van der Waals surface area contributed by atoms with E-state index in [1.165, 1.54) is 31.2 Å². The van der Waals surface area contributed by atoms with Gasteiger partial charge in [0.15, 0.2) is 17.6 Å². The van der Waals surface area contributed by atoms with Crippen LogP contribution in [0.2, 0.25) is 0 Å². The highest BCUT2D eigenvalue weighted by Gasteiger charge is 2.23. The number of amides is 1. The Hall–Kier alpha value is -3.36. The molecule has 0 fully saturated rings. The van der Waals surface area contributed by atoms with Gasteiger partial charge in [0.2, 0.25) is 6.79 Å². The normalized spacial score (nSPS) is 13.2. The summed E-state index contributed by atoms with van der Waals surface area (Å²) in [7, 11) is 0. The number of para-hydroxylation sites is 1. The molecule has 2 aromatic rings. The molecule has 0 saturated heterocycles. The maximum Gasteiger partial charge on any atom is 0.387 e. The molecular weight excluding hydrogens is 364 g/mol. The highest BCUT2D eigenvalue weighted by Crippen LogP contribution is 2.34. The van der Waals surface area contributed by atoms with Crippen molar-refractivity contribution in [3.63, 3.8) is 0 Å². The highest BCUT2D eigenvalue weighted by atomic mass is 19.3. The third-order valence-corrected chi connectivity index (χ3v) is 3.62. The predicted molar refractivity (Wildman–Crippen MR) is 89.1 cm³/mol. The second kappa shape index (κ2) is 7.90. The Morgan fingerprint density at radius 1 is 1.11 bits per heavy atom. The first-order valence-electron chi connectivity index (χ1n) is 7.89. The van der Waals surface area contributed by atoms with E-state index in [2.05, 4.69) is 10.1 Å². The number of benzene rings is 2. The lowest BCUT2D eigenvalue weighted by Gasteiger charge is -2.15. The van der Waals surface area contributed by atoms with Gasteiger partial charge in [-0.05, 0) is 31.2 Å². The van der Waals surface area contributed by atoms with Crippen LogP contribution in [0.4, 0.5) is 14.5 Å². The first-order valence-corrected chi connectivity index (χ1v) is 7.89. The molecule has 27 heavy (non-hydrogen) atoms. The molecule has 1 aliphatic rings. The Bertz CT molecular complexity index is 857.